The van der Waals surface area contributed by atoms with Crippen molar-refractivity contribution in [3.63, 3.8) is 0 Å². The first-order valence-corrected chi connectivity index (χ1v) is 8.82. The molecule has 1 aliphatic rings. The van der Waals surface area contributed by atoms with Gasteiger partial charge in [0.2, 0.25) is 5.91 Å². The lowest BCUT2D eigenvalue weighted by atomic mass is 9.95. The fraction of sp³-hybridized carbons (Fsp3) is 0.600. The van der Waals surface area contributed by atoms with Gasteiger partial charge in [0.15, 0.2) is 5.52 Å². The first-order chi connectivity index (χ1) is 11.1. The van der Waals surface area contributed by atoms with Gasteiger partial charge in [-0.15, -0.1) is 0 Å². The van der Waals surface area contributed by atoms with Gasteiger partial charge >= 0.3 is 5.69 Å². The Hall–Kier alpha value is -1.96. The molecule has 1 aliphatic carbocycles. The molecule has 2 heterocycles. The summed E-state index contributed by atoms with van der Waals surface area (Å²) < 4.78 is 6.54. The van der Waals surface area contributed by atoms with Crippen molar-refractivity contribution in [3.05, 3.63) is 26.2 Å². The van der Waals surface area contributed by atoms with Gasteiger partial charge in [-0.05, 0) is 31.3 Å². The predicted octanol–water partition coefficient (Wildman–Crippen LogP) is 1.09. The average molecular weight is 336 g/mol. The highest BCUT2D eigenvalue weighted by molar-refractivity contribution is 7.04. The van der Waals surface area contributed by atoms with Gasteiger partial charge in [0.05, 0.1) is 5.52 Å². The summed E-state index contributed by atoms with van der Waals surface area (Å²) in [6, 6.07) is 0.195. The Kier molecular flexibility index (Phi) is 4.61. The van der Waals surface area contributed by atoms with E-state index in [0.29, 0.717) is 5.52 Å². The predicted molar refractivity (Wildman–Crippen MR) is 88.8 cm³/mol. The summed E-state index contributed by atoms with van der Waals surface area (Å²) in [5.74, 6) is -0.187. The first kappa shape index (κ1) is 15.9. The lowest BCUT2D eigenvalue weighted by Gasteiger charge is -2.23. The van der Waals surface area contributed by atoms with Crippen molar-refractivity contribution in [1.82, 2.24) is 18.8 Å². The molecular weight excluding hydrogens is 316 g/mol. The Bertz CT molecular complexity index is 829. The molecule has 0 saturated heterocycles. The van der Waals surface area contributed by atoms with Gasteiger partial charge in [-0.2, -0.15) is 4.37 Å². The maximum absolute atomic E-state index is 12.5. The zero-order valence-electron chi connectivity index (χ0n) is 13.1. The normalized spacial score (nSPS) is 15.9. The topological polar surface area (TPSA) is 86.0 Å². The van der Waals surface area contributed by atoms with Crippen molar-refractivity contribution in [1.29, 1.82) is 0 Å². The fourth-order valence-corrected chi connectivity index (χ4v) is 3.80. The maximum atomic E-state index is 12.5. The smallest absolute Gasteiger partial charge is 0.332 e. The number of carbonyl (C=O) groups excluding carboxylic acids is 1. The molecular formula is C15H20N4O3S. The van der Waals surface area contributed by atoms with Crippen molar-refractivity contribution in [2.24, 2.45) is 0 Å². The van der Waals surface area contributed by atoms with E-state index in [1.54, 1.807) is 12.3 Å². The minimum Gasteiger partial charge on any atom is -0.352 e. The van der Waals surface area contributed by atoms with Gasteiger partial charge in [0, 0.05) is 18.0 Å². The minimum absolute atomic E-state index is 0.0788. The van der Waals surface area contributed by atoms with Crippen LogP contribution < -0.4 is 16.6 Å². The van der Waals surface area contributed by atoms with E-state index in [9.17, 15) is 14.4 Å². The van der Waals surface area contributed by atoms with Crippen LogP contribution in [-0.4, -0.2) is 25.5 Å². The van der Waals surface area contributed by atoms with Crippen LogP contribution in [0.5, 0.6) is 0 Å². The number of rotatable bonds is 4. The Morgan fingerprint density at radius 2 is 2.04 bits per heavy atom. The molecule has 0 aromatic carbocycles. The highest BCUT2D eigenvalue weighted by atomic mass is 32.1. The van der Waals surface area contributed by atoms with Gasteiger partial charge < -0.3 is 5.32 Å². The second-order valence-electron chi connectivity index (χ2n) is 5.87. The van der Waals surface area contributed by atoms with Crippen molar-refractivity contribution >= 4 is 28.5 Å². The highest BCUT2D eigenvalue weighted by Gasteiger charge is 2.19. The summed E-state index contributed by atoms with van der Waals surface area (Å²) in [6.45, 7) is 1.91. The van der Waals surface area contributed by atoms with E-state index in [1.165, 1.54) is 11.0 Å². The van der Waals surface area contributed by atoms with E-state index >= 15 is 0 Å². The SMILES string of the molecule is CCn1c(=O)c2nscc2n(CC(=O)NC2CCCCC2)c1=O. The van der Waals surface area contributed by atoms with E-state index < -0.39 is 11.2 Å². The van der Waals surface area contributed by atoms with Crippen LogP contribution >= 0.6 is 11.5 Å². The third-order valence-electron chi connectivity index (χ3n) is 4.34. The molecule has 0 radical (unpaired) electrons. The molecule has 0 spiro atoms. The zero-order chi connectivity index (χ0) is 16.4. The second kappa shape index (κ2) is 6.66. The standard InChI is InChI=1S/C15H20N4O3S/c1-2-18-14(21)13-11(9-23-17-13)19(15(18)22)8-12(20)16-10-6-4-3-5-7-10/h9-10H,2-8H2,1H3,(H,16,20). The van der Waals surface area contributed by atoms with Gasteiger partial charge in [-0.25, -0.2) is 4.79 Å². The summed E-state index contributed by atoms with van der Waals surface area (Å²) in [4.78, 5) is 37.0. The van der Waals surface area contributed by atoms with Crippen LogP contribution in [0, 0.1) is 0 Å². The summed E-state index contributed by atoms with van der Waals surface area (Å²) in [5.41, 5.74) is -0.155. The van der Waals surface area contributed by atoms with E-state index in [2.05, 4.69) is 9.69 Å². The Morgan fingerprint density at radius 1 is 1.30 bits per heavy atom. The lowest BCUT2D eigenvalue weighted by molar-refractivity contribution is -0.122. The Labute approximate surface area is 137 Å². The molecule has 1 fully saturated rings. The lowest BCUT2D eigenvalue weighted by Crippen LogP contribution is -2.44. The number of fused-ring (bicyclic) bond motifs is 1. The number of hydrogen-bond donors (Lipinski definition) is 1. The molecule has 3 rings (SSSR count). The zero-order valence-corrected chi connectivity index (χ0v) is 13.9. The molecule has 1 N–H and O–H groups in total. The van der Waals surface area contributed by atoms with E-state index in [-0.39, 0.29) is 30.6 Å². The molecule has 124 valence electrons. The Morgan fingerprint density at radius 3 is 2.74 bits per heavy atom. The van der Waals surface area contributed by atoms with Crippen LogP contribution in [0.1, 0.15) is 39.0 Å². The molecule has 1 saturated carbocycles. The number of aromatic nitrogens is 3. The van der Waals surface area contributed by atoms with Crippen molar-refractivity contribution in [3.8, 4) is 0 Å². The molecule has 8 heteroatoms. The minimum atomic E-state index is -0.455. The van der Waals surface area contributed by atoms with Crippen LogP contribution in [0.25, 0.3) is 11.0 Å². The van der Waals surface area contributed by atoms with Gasteiger partial charge in [0.1, 0.15) is 6.54 Å². The van der Waals surface area contributed by atoms with E-state index in [1.807, 2.05) is 0 Å². The monoisotopic (exact) mass is 336 g/mol. The number of carbonyl (C=O) groups is 1. The van der Waals surface area contributed by atoms with Crippen LogP contribution in [0.15, 0.2) is 15.0 Å². The van der Waals surface area contributed by atoms with Crippen molar-refractivity contribution in [2.45, 2.75) is 58.2 Å². The number of hydrogen-bond acceptors (Lipinski definition) is 5. The molecule has 2 aromatic heterocycles. The summed E-state index contributed by atoms with van der Waals surface area (Å²) in [6.07, 6.45) is 5.46. The van der Waals surface area contributed by atoms with Crippen molar-refractivity contribution in [2.75, 3.05) is 0 Å². The number of amides is 1. The van der Waals surface area contributed by atoms with Crippen LogP contribution in [0.4, 0.5) is 0 Å². The molecule has 7 nitrogen and oxygen atoms in total. The van der Waals surface area contributed by atoms with E-state index in [0.717, 1.165) is 41.8 Å². The summed E-state index contributed by atoms with van der Waals surface area (Å²) >= 11 is 1.12. The molecule has 2 aromatic rings. The number of nitrogens with one attached hydrogen (secondary N) is 1. The van der Waals surface area contributed by atoms with Gasteiger partial charge in [-0.3, -0.25) is 18.7 Å². The molecule has 0 bridgehead atoms. The average Bonchev–Trinajstić information content (AvgIpc) is 3.03. The fourth-order valence-electron chi connectivity index (χ4n) is 3.13. The van der Waals surface area contributed by atoms with Crippen molar-refractivity contribution < 1.29 is 4.79 Å². The largest absolute Gasteiger partial charge is 0.352 e. The summed E-state index contributed by atoms with van der Waals surface area (Å²) in [7, 11) is 0. The van der Waals surface area contributed by atoms with Gasteiger partial charge in [0.25, 0.3) is 5.56 Å². The van der Waals surface area contributed by atoms with Crippen LogP contribution in [-0.2, 0) is 17.9 Å². The second-order valence-corrected chi connectivity index (χ2v) is 6.50. The molecule has 0 atom stereocenters. The summed E-state index contributed by atoms with van der Waals surface area (Å²) in [5, 5.41) is 4.65. The quantitative estimate of drug-likeness (QED) is 0.905. The first-order valence-electron chi connectivity index (χ1n) is 7.99. The third kappa shape index (κ3) is 3.08. The maximum Gasteiger partial charge on any atom is 0.332 e. The number of nitrogens with zero attached hydrogens (tertiary/aromatic N) is 3. The molecule has 0 aliphatic heterocycles. The molecule has 0 unspecified atom stereocenters. The van der Waals surface area contributed by atoms with Crippen LogP contribution in [0.2, 0.25) is 0 Å². The third-order valence-corrected chi connectivity index (χ3v) is 4.96. The van der Waals surface area contributed by atoms with Crippen LogP contribution in [0.3, 0.4) is 0 Å². The Balaban J connectivity index is 1.90. The molecule has 23 heavy (non-hydrogen) atoms. The van der Waals surface area contributed by atoms with Gasteiger partial charge in [-0.1, -0.05) is 19.3 Å². The molecule has 1 amide bonds. The van der Waals surface area contributed by atoms with E-state index in [4.69, 9.17) is 0 Å². The highest BCUT2D eigenvalue weighted by Crippen LogP contribution is 2.17.